The van der Waals surface area contributed by atoms with Crippen LogP contribution < -0.4 is 18.9 Å². The first-order chi connectivity index (χ1) is 12.4. The van der Waals surface area contributed by atoms with E-state index < -0.39 is 0 Å². The first-order valence-electron chi connectivity index (χ1n) is 8.49. The highest BCUT2D eigenvalue weighted by Gasteiger charge is 2.16. The van der Waals surface area contributed by atoms with Crippen molar-refractivity contribution >= 4 is 5.97 Å². The number of ether oxygens (including phenoxy) is 4. The van der Waals surface area contributed by atoms with E-state index in [-0.39, 0.29) is 12.4 Å². The van der Waals surface area contributed by atoms with E-state index in [1.807, 2.05) is 19.1 Å². The number of benzene rings is 2. The molecule has 0 bridgehead atoms. The average Bonchev–Trinajstić information content (AvgIpc) is 2.62. The lowest BCUT2D eigenvalue weighted by atomic mass is 10.0. The molecule has 0 aliphatic heterocycles. The molecule has 0 saturated carbocycles. The van der Waals surface area contributed by atoms with Crippen molar-refractivity contribution in [3.63, 3.8) is 0 Å². The summed E-state index contributed by atoms with van der Waals surface area (Å²) in [5, 5.41) is 0. The molecule has 2 rings (SSSR count). The highest BCUT2D eigenvalue weighted by Crippen LogP contribution is 2.38. The highest BCUT2D eigenvalue weighted by atomic mass is 16.5. The number of methoxy groups -OCH3 is 3. The summed E-state index contributed by atoms with van der Waals surface area (Å²) in [6.45, 7) is 6.13. The zero-order chi connectivity index (χ0) is 19.3. The van der Waals surface area contributed by atoms with Crippen LogP contribution in [0.4, 0.5) is 0 Å². The average molecular weight is 358 g/mol. The summed E-state index contributed by atoms with van der Waals surface area (Å²) in [5.74, 6) is 2.12. The van der Waals surface area contributed by atoms with Gasteiger partial charge in [-0.2, -0.15) is 0 Å². The van der Waals surface area contributed by atoms with E-state index in [0.29, 0.717) is 28.9 Å². The maximum absolute atomic E-state index is 12.4. The van der Waals surface area contributed by atoms with Gasteiger partial charge < -0.3 is 18.9 Å². The fourth-order valence-corrected chi connectivity index (χ4v) is 2.65. The molecule has 5 heteroatoms. The van der Waals surface area contributed by atoms with E-state index >= 15 is 0 Å². The molecule has 0 unspecified atom stereocenters. The third-order valence-corrected chi connectivity index (χ3v) is 4.18. The Balaban J connectivity index is 2.21. The van der Waals surface area contributed by atoms with Gasteiger partial charge in [-0.05, 0) is 47.7 Å². The third-order valence-electron chi connectivity index (χ3n) is 4.18. The van der Waals surface area contributed by atoms with Gasteiger partial charge in [0.15, 0.2) is 11.5 Å². The molecule has 0 saturated heterocycles. The summed E-state index contributed by atoms with van der Waals surface area (Å²) < 4.78 is 21.5. The molecule has 0 radical (unpaired) electrons. The molecule has 0 fully saturated rings. The van der Waals surface area contributed by atoms with Gasteiger partial charge in [0, 0.05) is 0 Å². The van der Waals surface area contributed by atoms with Crippen LogP contribution >= 0.6 is 0 Å². The minimum Gasteiger partial charge on any atom is -0.493 e. The van der Waals surface area contributed by atoms with Crippen LogP contribution in [0.25, 0.3) is 0 Å². The Labute approximate surface area is 154 Å². The zero-order valence-electron chi connectivity index (χ0n) is 16.2. The van der Waals surface area contributed by atoms with Crippen molar-refractivity contribution in [3.8, 4) is 23.0 Å². The number of carbonyl (C=O) groups is 1. The van der Waals surface area contributed by atoms with Gasteiger partial charge in [-0.1, -0.05) is 26.0 Å². The van der Waals surface area contributed by atoms with E-state index in [9.17, 15) is 4.79 Å². The number of esters is 1. The Morgan fingerprint density at radius 2 is 1.54 bits per heavy atom. The third kappa shape index (κ3) is 4.48. The molecule has 140 valence electrons. The number of rotatable bonds is 7. The number of carbonyl (C=O) groups excluding carboxylic acids is 1. The maximum Gasteiger partial charge on any atom is 0.315 e. The summed E-state index contributed by atoms with van der Waals surface area (Å²) in [6.07, 6.45) is 0.0993. The quantitative estimate of drug-likeness (QED) is 0.546. The number of hydrogen-bond acceptors (Lipinski definition) is 5. The molecule has 0 heterocycles. The van der Waals surface area contributed by atoms with Gasteiger partial charge in [0.1, 0.15) is 5.75 Å². The molecular formula is C21H26O5. The predicted molar refractivity (Wildman–Crippen MR) is 101 cm³/mol. The lowest BCUT2D eigenvalue weighted by Crippen LogP contribution is -2.12. The lowest BCUT2D eigenvalue weighted by Gasteiger charge is -2.14. The van der Waals surface area contributed by atoms with Crippen molar-refractivity contribution < 1.29 is 23.7 Å². The van der Waals surface area contributed by atoms with E-state index in [1.54, 1.807) is 33.5 Å². The minimum absolute atomic E-state index is 0.0993. The molecule has 2 aromatic carbocycles. The summed E-state index contributed by atoms with van der Waals surface area (Å²) in [5.41, 5.74) is 2.78. The van der Waals surface area contributed by atoms with Gasteiger partial charge >= 0.3 is 5.97 Å². The molecule has 0 N–H and O–H groups in total. The zero-order valence-corrected chi connectivity index (χ0v) is 16.2. The molecular weight excluding hydrogens is 332 g/mol. The second-order valence-electron chi connectivity index (χ2n) is 6.36. The summed E-state index contributed by atoms with van der Waals surface area (Å²) in [7, 11) is 4.62. The first-order valence-corrected chi connectivity index (χ1v) is 8.49. The second-order valence-corrected chi connectivity index (χ2v) is 6.36. The van der Waals surface area contributed by atoms with Gasteiger partial charge in [-0.3, -0.25) is 4.79 Å². The SMILES string of the molecule is COc1cc(CC(=O)Oc2cc(C(C)C)ccc2C)cc(OC)c1OC. The summed E-state index contributed by atoms with van der Waals surface area (Å²) in [6, 6.07) is 9.45. The van der Waals surface area contributed by atoms with Crippen LogP contribution in [-0.2, 0) is 11.2 Å². The Morgan fingerprint density at radius 1 is 0.923 bits per heavy atom. The molecule has 26 heavy (non-hydrogen) atoms. The molecule has 0 atom stereocenters. The number of hydrogen-bond donors (Lipinski definition) is 0. The first kappa shape index (κ1) is 19.6. The largest absolute Gasteiger partial charge is 0.493 e. The molecule has 0 aliphatic carbocycles. The van der Waals surface area contributed by atoms with Crippen LogP contribution in [0.5, 0.6) is 23.0 Å². The molecule has 0 aliphatic rings. The van der Waals surface area contributed by atoms with Gasteiger partial charge in [0.25, 0.3) is 0 Å². The predicted octanol–water partition coefficient (Wildman–Crippen LogP) is 4.29. The van der Waals surface area contributed by atoms with Crippen LogP contribution in [0.1, 0.15) is 36.5 Å². The van der Waals surface area contributed by atoms with Gasteiger partial charge in [-0.15, -0.1) is 0 Å². The Kier molecular flexibility index (Phi) is 6.50. The van der Waals surface area contributed by atoms with E-state index in [0.717, 1.165) is 16.7 Å². The minimum atomic E-state index is -0.344. The van der Waals surface area contributed by atoms with Crippen LogP contribution in [0.3, 0.4) is 0 Å². The number of aryl methyl sites for hydroxylation is 1. The van der Waals surface area contributed by atoms with Crippen molar-refractivity contribution in [2.45, 2.75) is 33.1 Å². The second kappa shape index (κ2) is 8.61. The smallest absolute Gasteiger partial charge is 0.315 e. The summed E-state index contributed by atoms with van der Waals surface area (Å²) in [4.78, 5) is 12.4. The maximum atomic E-state index is 12.4. The van der Waals surface area contributed by atoms with Crippen molar-refractivity contribution in [1.29, 1.82) is 0 Å². The van der Waals surface area contributed by atoms with Crippen LogP contribution in [0, 0.1) is 6.92 Å². The van der Waals surface area contributed by atoms with Gasteiger partial charge in [0.05, 0.1) is 27.8 Å². The Hall–Kier alpha value is -2.69. The molecule has 2 aromatic rings. The molecule has 0 aromatic heterocycles. The Morgan fingerprint density at radius 3 is 2.04 bits per heavy atom. The standard InChI is InChI=1S/C21H26O5/c1-13(2)16-8-7-14(3)17(12-16)26-20(22)11-15-9-18(23-4)21(25-6)19(10-15)24-5/h7-10,12-13H,11H2,1-6H3. The van der Waals surface area contributed by atoms with Crippen LogP contribution in [0.15, 0.2) is 30.3 Å². The molecule has 5 nitrogen and oxygen atoms in total. The van der Waals surface area contributed by atoms with Gasteiger partial charge in [0.2, 0.25) is 5.75 Å². The van der Waals surface area contributed by atoms with Crippen molar-refractivity contribution in [2.24, 2.45) is 0 Å². The molecule has 0 spiro atoms. The monoisotopic (exact) mass is 358 g/mol. The van der Waals surface area contributed by atoms with Crippen molar-refractivity contribution in [3.05, 3.63) is 47.0 Å². The van der Waals surface area contributed by atoms with E-state index in [1.165, 1.54) is 0 Å². The molecule has 0 amide bonds. The van der Waals surface area contributed by atoms with Crippen molar-refractivity contribution in [1.82, 2.24) is 0 Å². The van der Waals surface area contributed by atoms with Crippen molar-refractivity contribution in [2.75, 3.05) is 21.3 Å². The fourth-order valence-electron chi connectivity index (χ4n) is 2.65. The normalized spacial score (nSPS) is 10.6. The van der Waals surface area contributed by atoms with Crippen LogP contribution in [0.2, 0.25) is 0 Å². The lowest BCUT2D eigenvalue weighted by molar-refractivity contribution is -0.133. The Bertz CT molecular complexity index is 755. The van der Waals surface area contributed by atoms with Gasteiger partial charge in [-0.25, -0.2) is 0 Å². The van der Waals surface area contributed by atoms with E-state index in [2.05, 4.69) is 19.9 Å². The van der Waals surface area contributed by atoms with Crippen LogP contribution in [-0.4, -0.2) is 27.3 Å². The topological polar surface area (TPSA) is 54.0 Å². The fraction of sp³-hybridized carbons (Fsp3) is 0.381. The van der Waals surface area contributed by atoms with E-state index in [4.69, 9.17) is 18.9 Å². The highest BCUT2D eigenvalue weighted by molar-refractivity contribution is 5.76. The summed E-state index contributed by atoms with van der Waals surface area (Å²) >= 11 is 0.